The summed E-state index contributed by atoms with van der Waals surface area (Å²) in [4.78, 5) is 0. The van der Waals surface area contributed by atoms with Crippen molar-refractivity contribution in [2.75, 3.05) is 6.61 Å². The molecule has 6 heteroatoms. The molecule has 0 aliphatic heterocycles. The molecule has 0 bridgehead atoms. The zero-order valence-corrected chi connectivity index (χ0v) is 31.0. The Balaban J connectivity index is 2.38. The SMILES string of the molecule is CCCCCCC(C)(C)c1ccc([C@@H]2C[C@H](O[Si](C)(C)C)CC[C@H]2CCCO[Si](C)(C)C)c(O[Si](C)(C)C)c1. The number of hydrogen-bond acceptors (Lipinski definition) is 3. The van der Waals surface area contributed by atoms with Crippen LogP contribution in [0.1, 0.15) is 102 Å². The number of hydrogen-bond donors (Lipinski definition) is 0. The molecule has 0 radical (unpaired) electrons. The predicted molar refractivity (Wildman–Crippen MR) is 179 cm³/mol. The standard InChI is InChI=1S/C33H64O3Si3/c1-13-14-15-16-23-33(2,3)28-20-22-30(32(25-28)36-39(10,11)12)31-26-29(35-38(7,8)9)21-19-27(31)18-17-24-34-37(4,5)6/h20,22,25,27,29,31H,13-19,21,23-24,26H2,1-12H3/t27-,29-,31-/m1/s1. The summed E-state index contributed by atoms with van der Waals surface area (Å²) in [6.45, 7) is 28.9. The van der Waals surface area contributed by atoms with Crippen LogP contribution in [0.25, 0.3) is 0 Å². The molecule has 0 unspecified atom stereocenters. The predicted octanol–water partition coefficient (Wildman–Crippen LogP) is 10.9. The van der Waals surface area contributed by atoms with Gasteiger partial charge in [-0.15, -0.1) is 0 Å². The second kappa shape index (κ2) is 14.7. The first kappa shape index (κ1) is 34.8. The van der Waals surface area contributed by atoms with E-state index < -0.39 is 25.0 Å². The van der Waals surface area contributed by atoms with Gasteiger partial charge in [0.05, 0.1) is 0 Å². The molecule has 1 aliphatic carbocycles. The third-order valence-corrected chi connectivity index (χ3v) is 10.9. The average Bonchev–Trinajstić information content (AvgIpc) is 2.77. The van der Waals surface area contributed by atoms with Gasteiger partial charge in [0.1, 0.15) is 5.75 Å². The molecule has 0 aromatic heterocycles. The van der Waals surface area contributed by atoms with Crippen LogP contribution in [0.2, 0.25) is 58.9 Å². The van der Waals surface area contributed by atoms with E-state index in [2.05, 4.69) is 97.9 Å². The lowest BCUT2D eigenvalue weighted by atomic mass is 9.71. The summed E-state index contributed by atoms with van der Waals surface area (Å²) in [7, 11) is -4.84. The summed E-state index contributed by atoms with van der Waals surface area (Å²) < 4.78 is 19.9. The van der Waals surface area contributed by atoms with E-state index in [1.54, 1.807) is 0 Å². The molecule has 0 heterocycles. The van der Waals surface area contributed by atoms with Crippen LogP contribution >= 0.6 is 0 Å². The van der Waals surface area contributed by atoms with Crippen LogP contribution < -0.4 is 4.43 Å². The molecule has 1 aromatic carbocycles. The topological polar surface area (TPSA) is 27.7 Å². The molecule has 226 valence electrons. The normalized spacial score (nSPS) is 21.3. The minimum Gasteiger partial charge on any atom is -0.544 e. The molecule has 1 saturated carbocycles. The van der Waals surface area contributed by atoms with Gasteiger partial charge in [0.2, 0.25) is 8.32 Å². The van der Waals surface area contributed by atoms with E-state index in [0.717, 1.165) is 25.2 Å². The van der Waals surface area contributed by atoms with Crippen LogP contribution in [0.5, 0.6) is 5.75 Å². The summed E-state index contributed by atoms with van der Waals surface area (Å²) >= 11 is 0. The quantitative estimate of drug-likeness (QED) is 0.141. The molecule has 1 fully saturated rings. The minimum atomic E-state index is -1.78. The number of rotatable bonds is 16. The van der Waals surface area contributed by atoms with Crippen molar-refractivity contribution in [3.8, 4) is 5.75 Å². The van der Waals surface area contributed by atoms with Gasteiger partial charge in [0.25, 0.3) is 0 Å². The Hall–Kier alpha value is -0.409. The van der Waals surface area contributed by atoms with Crippen molar-refractivity contribution < 1.29 is 13.3 Å². The summed E-state index contributed by atoms with van der Waals surface area (Å²) in [5.41, 5.74) is 3.03. The third kappa shape index (κ3) is 13.0. The average molecular weight is 593 g/mol. The van der Waals surface area contributed by atoms with Gasteiger partial charge in [-0.2, -0.15) is 0 Å². The van der Waals surface area contributed by atoms with Crippen molar-refractivity contribution in [1.29, 1.82) is 0 Å². The van der Waals surface area contributed by atoms with Gasteiger partial charge in [0, 0.05) is 12.7 Å². The van der Waals surface area contributed by atoms with E-state index in [9.17, 15) is 0 Å². The highest BCUT2D eigenvalue weighted by Crippen LogP contribution is 2.46. The molecule has 0 N–H and O–H groups in total. The lowest BCUT2D eigenvalue weighted by molar-refractivity contribution is 0.103. The highest BCUT2D eigenvalue weighted by molar-refractivity contribution is 6.70. The molecule has 0 spiro atoms. The van der Waals surface area contributed by atoms with Crippen molar-refractivity contribution in [2.45, 2.75) is 161 Å². The fraction of sp³-hybridized carbons (Fsp3) is 0.818. The molecular formula is C33H64O3Si3. The Morgan fingerprint density at radius 1 is 0.821 bits per heavy atom. The monoisotopic (exact) mass is 592 g/mol. The maximum Gasteiger partial charge on any atom is 0.242 e. The molecule has 1 aromatic rings. The summed E-state index contributed by atoms with van der Waals surface area (Å²) in [6, 6.07) is 7.31. The Labute approximate surface area is 246 Å². The first-order valence-corrected chi connectivity index (χ1v) is 26.3. The van der Waals surface area contributed by atoms with E-state index >= 15 is 0 Å². The molecule has 0 saturated heterocycles. The Kier molecular flexibility index (Phi) is 13.1. The lowest BCUT2D eigenvalue weighted by Gasteiger charge is -2.40. The van der Waals surface area contributed by atoms with Gasteiger partial charge in [-0.25, -0.2) is 0 Å². The fourth-order valence-corrected chi connectivity index (χ4v) is 8.88. The highest BCUT2D eigenvalue weighted by atomic mass is 28.4. The minimum absolute atomic E-state index is 0.160. The van der Waals surface area contributed by atoms with Gasteiger partial charge in [-0.05, 0) is 132 Å². The van der Waals surface area contributed by atoms with E-state index in [-0.39, 0.29) is 5.41 Å². The Morgan fingerprint density at radius 2 is 1.51 bits per heavy atom. The van der Waals surface area contributed by atoms with Gasteiger partial charge in [-0.3, -0.25) is 0 Å². The van der Waals surface area contributed by atoms with Crippen LogP contribution in [0, 0.1) is 5.92 Å². The summed E-state index contributed by atoms with van der Waals surface area (Å²) in [6.07, 6.45) is 12.8. The molecular weight excluding hydrogens is 529 g/mol. The Bertz CT molecular complexity index is 862. The van der Waals surface area contributed by atoms with E-state index in [0.29, 0.717) is 17.9 Å². The van der Waals surface area contributed by atoms with Crippen molar-refractivity contribution in [2.24, 2.45) is 5.92 Å². The number of benzene rings is 1. The van der Waals surface area contributed by atoms with Crippen LogP contribution in [0.15, 0.2) is 18.2 Å². The largest absolute Gasteiger partial charge is 0.544 e. The van der Waals surface area contributed by atoms with Crippen molar-refractivity contribution in [1.82, 2.24) is 0 Å². The van der Waals surface area contributed by atoms with Crippen LogP contribution in [-0.4, -0.2) is 37.7 Å². The van der Waals surface area contributed by atoms with Gasteiger partial charge in [0.15, 0.2) is 16.6 Å². The number of unbranched alkanes of at least 4 members (excludes halogenated alkanes) is 3. The first-order valence-electron chi connectivity index (χ1n) is 16.1. The fourth-order valence-electron chi connectivity index (χ4n) is 6.07. The first-order chi connectivity index (χ1) is 17.9. The van der Waals surface area contributed by atoms with Crippen LogP contribution in [0.4, 0.5) is 0 Å². The summed E-state index contributed by atoms with van der Waals surface area (Å²) in [5, 5.41) is 0. The Morgan fingerprint density at radius 3 is 2.10 bits per heavy atom. The molecule has 3 nitrogen and oxygen atoms in total. The third-order valence-electron chi connectivity index (χ3n) is 7.99. The second-order valence-corrected chi connectivity index (χ2v) is 29.2. The molecule has 39 heavy (non-hydrogen) atoms. The highest BCUT2D eigenvalue weighted by Gasteiger charge is 2.36. The molecule has 3 atom stereocenters. The van der Waals surface area contributed by atoms with Crippen molar-refractivity contribution >= 4 is 25.0 Å². The van der Waals surface area contributed by atoms with Crippen molar-refractivity contribution in [3.63, 3.8) is 0 Å². The van der Waals surface area contributed by atoms with E-state index in [4.69, 9.17) is 13.3 Å². The van der Waals surface area contributed by atoms with E-state index in [1.807, 2.05) is 0 Å². The van der Waals surface area contributed by atoms with Gasteiger partial charge < -0.3 is 13.3 Å². The zero-order valence-electron chi connectivity index (χ0n) is 28.0. The van der Waals surface area contributed by atoms with Gasteiger partial charge in [-0.1, -0.05) is 58.6 Å². The maximum atomic E-state index is 6.91. The molecule has 1 aliphatic rings. The summed E-state index contributed by atoms with van der Waals surface area (Å²) in [5.74, 6) is 2.31. The lowest BCUT2D eigenvalue weighted by Crippen LogP contribution is -2.37. The molecule has 2 rings (SSSR count). The van der Waals surface area contributed by atoms with E-state index in [1.165, 1.54) is 62.5 Å². The molecule has 0 amide bonds. The van der Waals surface area contributed by atoms with Crippen LogP contribution in [0.3, 0.4) is 0 Å². The van der Waals surface area contributed by atoms with Crippen molar-refractivity contribution in [3.05, 3.63) is 29.3 Å². The smallest absolute Gasteiger partial charge is 0.242 e. The second-order valence-electron chi connectivity index (χ2n) is 15.8. The zero-order chi connectivity index (χ0) is 29.5. The van der Waals surface area contributed by atoms with Crippen LogP contribution in [-0.2, 0) is 14.3 Å². The van der Waals surface area contributed by atoms with Gasteiger partial charge >= 0.3 is 0 Å². The maximum absolute atomic E-state index is 6.91.